The first-order chi connectivity index (χ1) is 22.0. The summed E-state index contributed by atoms with van der Waals surface area (Å²) < 4.78 is 43.3. The van der Waals surface area contributed by atoms with Crippen LogP contribution in [0.5, 0.6) is 34.5 Å². The molecule has 0 aliphatic carbocycles. The molecule has 1 aromatic heterocycles. The number of nitrogens with zero attached hydrogens (tertiary/aromatic N) is 1. The van der Waals surface area contributed by atoms with Crippen LogP contribution in [0.25, 0.3) is 0 Å². The van der Waals surface area contributed by atoms with E-state index in [0.29, 0.717) is 47.5 Å². The van der Waals surface area contributed by atoms with Gasteiger partial charge in [-0.1, -0.05) is 37.5 Å². The van der Waals surface area contributed by atoms with Gasteiger partial charge in [0, 0.05) is 12.8 Å². The molecule has 2 atom stereocenters. The van der Waals surface area contributed by atoms with Gasteiger partial charge in [-0.3, -0.25) is 4.79 Å². The van der Waals surface area contributed by atoms with E-state index in [9.17, 15) is 4.79 Å². The standard InChI is InChI=1S/C35H48NO8S/c1-6-7-8-12-18-42-31-22-26(28-15-14-27(43-28)25-20-29(38-2)34(40-4)30(21-25)39-3)23-32(35(31)41-5)44-33(37)13-10-9-11-16-36-17-19-45-24-36/h17,19-24,27-28H,6-16,18H2,1-5H3/q+1/t27-,28-/m0/s1. The fourth-order valence-corrected chi connectivity index (χ4v) is 6.22. The quantitative estimate of drug-likeness (QED) is 0.0567. The molecule has 0 spiro atoms. The number of esters is 1. The second kappa shape index (κ2) is 17.8. The lowest BCUT2D eigenvalue weighted by Gasteiger charge is -2.20. The number of carbonyl (C=O) groups excluding carboxylic acids is 1. The van der Waals surface area contributed by atoms with Crippen molar-refractivity contribution in [1.82, 2.24) is 0 Å². The second-order valence-electron chi connectivity index (χ2n) is 11.2. The minimum atomic E-state index is -0.287. The van der Waals surface area contributed by atoms with E-state index in [4.69, 9.17) is 33.2 Å². The number of thiazole rings is 1. The van der Waals surface area contributed by atoms with E-state index in [1.807, 2.05) is 24.3 Å². The second-order valence-corrected chi connectivity index (χ2v) is 11.9. The number of carbonyl (C=O) groups is 1. The number of methoxy groups -OCH3 is 4. The Kier molecular flexibility index (Phi) is 13.6. The molecular weight excluding hydrogens is 594 g/mol. The average Bonchev–Trinajstić information content (AvgIpc) is 3.77. The van der Waals surface area contributed by atoms with E-state index in [1.54, 1.807) is 39.8 Å². The third-order valence-electron chi connectivity index (χ3n) is 8.00. The predicted octanol–water partition coefficient (Wildman–Crippen LogP) is 7.79. The van der Waals surface area contributed by atoms with E-state index in [0.717, 1.165) is 75.5 Å². The lowest BCUT2D eigenvalue weighted by Crippen LogP contribution is -2.29. The van der Waals surface area contributed by atoms with Gasteiger partial charge in [-0.15, -0.1) is 0 Å². The molecule has 1 aliphatic heterocycles. The van der Waals surface area contributed by atoms with Gasteiger partial charge in [0.25, 0.3) is 0 Å². The molecule has 0 unspecified atom stereocenters. The van der Waals surface area contributed by atoms with Crippen LogP contribution in [0.15, 0.2) is 41.4 Å². The molecule has 0 amide bonds. The van der Waals surface area contributed by atoms with Gasteiger partial charge in [0.2, 0.25) is 17.0 Å². The van der Waals surface area contributed by atoms with Gasteiger partial charge in [-0.2, -0.15) is 4.57 Å². The molecule has 3 aromatic rings. The summed E-state index contributed by atoms with van der Waals surface area (Å²) in [4.78, 5) is 13.0. The SMILES string of the molecule is CCCCCCOc1cc([C@@H]2CC[C@@H](c3cc(OC)c(OC)c(OC)c3)O2)cc(OC(=O)CCCCC[n+]2ccsc2)c1OC. The molecule has 2 heterocycles. The molecule has 0 bridgehead atoms. The number of aromatic nitrogens is 1. The van der Waals surface area contributed by atoms with Crippen molar-refractivity contribution in [3.8, 4) is 34.5 Å². The molecule has 246 valence electrons. The summed E-state index contributed by atoms with van der Waals surface area (Å²) in [6.07, 6.45) is 10.6. The third-order valence-corrected chi connectivity index (χ3v) is 8.67. The number of hydrogen-bond donors (Lipinski definition) is 0. The maximum atomic E-state index is 13.0. The molecule has 1 saturated heterocycles. The number of benzene rings is 2. The molecule has 1 aliphatic rings. The number of rotatable bonds is 19. The minimum Gasteiger partial charge on any atom is -0.493 e. The summed E-state index contributed by atoms with van der Waals surface area (Å²) in [7, 11) is 6.37. The van der Waals surface area contributed by atoms with Crippen LogP contribution in [0.3, 0.4) is 0 Å². The molecule has 2 aromatic carbocycles. The van der Waals surface area contributed by atoms with E-state index in [1.165, 1.54) is 0 Å². The number of unbranched alkanes of at least 4 members (excludes halogenated alkanes) is 5. The Morgan fingerprint density at radius 2 is 1.42 bits per heavy atom. The molecule has 45 heavy (non-hydrogen) atoms. The van der Waals surface area contributed by atoms with Crippen LogP contribution in [-0.2, 0) is 16.1 Å². The van der Waals surface area contributed by atoms with Gasteiger partial charge in [0.05, 0.1) is 52.6 Å². The largest absolute Gasteiger partial charge is 0.493 e. The van der Waals surface area contributed by atoms with E-state index in [2.05, 4.69) is 28.6 Å². The minimum absolute atomic E-state index is 0.178. The zero-order chi connectivity index (χ0) is 32.0. The summed E-state index contributed by atoms with van der Waals surface area (Å²) in [5.74, 6) is 2.77. The Hall–Kier alpha value is -3.50. The molecule has 1 fully saturated rings. The maximum Gasteiger partial charge on any atom is 0.311 e. The van der Waals surface area contributed by atoms with Crippen molar-refractivity contribution in [2.24, 2.45) is 0 Å². The Labute approximate surface area is 271 Å². The van der Waals surface area contributed by atoms with Gasteiger partial charge in [-0.25, -0.2) is 0 Å². The lowest BCUT2D eigenvalue weighted by molar-refractivity contribution is -0.692. The van der Waals surface area contributed by atoms with Crippen molar-refractivity contribution in [1.29, 1.82) is 0 Å². The molecule has 9 nitrogen and oxygen atoms in total. The Morgan fingerprint density at radius 1 is 0.800 bits per heavy atom. The average molecular weight is 643 g/mol. The smallest absolute Gasteiger partial charge is 0.311 e. The van der Waals surface area contributed by atoms with Crippen LogP contribution in [-0.4, -0.2) is 41.0 Å². The van der Waals surface area contributed by atoms with Gasteiger partial charge in [0.15, 0.2) is 29.2 Å². The number of ether oxygens (including phenoxy) is 7. The van der Waals surface area contributed by atoms with Crippen molar-refractivity contribution < 1.29 is 42.5 Å². The highest BCUT2D eigenvalue weighted by atomic mass is 32.1. The van der Waals surface area contributed by atoms with Gasteiger partial charge < -0.3 is 33.2 Å². The summed E-state index contributed by atoms with van der Waals surface area (Å²) in [5.41, 5.74) is 3.92. The van der Waals surface area contributed by atoms with E-state index < -0.39 is 0 Å². The first kappa shape index (κ1) is 34.4. The molecule has 4 rings (SSSR count). The van der Waals surface area contributed by atoms with Crippen LogP contribution in [0, 0.1) is 0 Å². The van der Waals surface area contributed by atoms with Crippen molar-refractivity contribution in [2.75, 3.05) is 35.0 Å². The van der Waals surface area contributed by atoms with E-state index >= 15 is 0 Å². The highest BCUT2D eigenvalue weighted by Crippen LogP contribution is 2.48. The molecular formula is C35H48NO8S+. The highest BCUT2D eigenvalue weighted by molar-refractivity contribution is 7.07. The van der Waals surface area contributed by atoms with Crippen LogP contribution in [0.4, 0.5) is 0 Å². The summed E-state index contributed by atoms with van der Waals surface area (Å²) in [6.45, 7) is 3.68. The van der Waals surface area contributed by atoms with Crippen molar-refractivity contribution in [2.45, 2.75) is 89.9 Å². The summed E-state index contributed by atoms with van der Waals surface area (Å²) in [6, 6.07) is 7.68. The molecule has 0 N–H and O–H groups in total. The lowest BCUT2D eigenvalue weighted by atomic mass is 10.0. The van der Waals surface area contributed by atoms with Crippen LogP contribution in [0.1, 0.15) is 94.5 Å². The summed E-state index contributed by atoms with van der Waals surface area (Å²) in [5, 5.41) is 2.06. The first-order valence-electron chi connectivity index (χ1n) is 15.9. The Morgan fingerprint density at radius 3 is 2.02 bits per heavy atom. The maximum absolute atomic E-state index is 13.0. The summed E-state index contributed by atoms with van der Waals surface area (Å²) >= 11 is 1.68. The first-order valence-corrected chi connectivity index (χ1v) is 16.9. The van der Waals surface area contributed by atoms with Crippen molar-refractivity contribution >= 4 is 17.3 Å². The third kappa shape index (κ3) is 9.50. The Bertz CT molecular complexity index is 1320. The predicted molar refractivity (Wildman–Crippen MR) is 173 cm³/mol. The van der Waals surface area contributed by atoms with Crippen molar-refractivity contribution in [3.63, 3.8) is 0 Å². The van der Waals surface area contributed by atoms with Crippen molar-refractivity contribution in [3.05, 3.63) is 52.5 Å². The van der Waals surface area contributed by atoms with Gasteiger partial charge in [-0.05, 0) is 67.5 Å². The molecule has 10 heteroatoms. The molecule has 0 radical (unpaired) electrons. The van der Waals surface area contributed by atoms with E-state index in [-0.39, 0.29) is 18.2 Å². The zero-order valence-corrected chi connectivity index (χ0v) is 28.1. The van der Waals surface area contributed by atoms with Crippen LogP contribution < -0.4 is 33.0 Å². The van der Waals surface area contributed by atoms with Gasteiger partial charge in [0.1, 0.15) is 6.54 Å². The highest BCUT2D eigenvalue weighted by Gasteiger charge is 2.31. The monoisotopic (exact) mass is 642 g/mol. The Balaban J connectivity index is 1.49. The van der Waals surface area contributed by atoms with Crippen LogP contribution >= 0.6 is 11.3 Å². The zero-order valence-electron chi connectivity index (χ0n) is 27.3. The number of aryl methyl sites for hydroxylation is 1. The fourth-order valence-electron chi connectivity index (χ4n) is 5.60. The number of hydrogen-bond acceptors (Lipinski definition) is 9. The van der Waals surface area contributed by atoms with Crippen LogP contribution in [0.2, 0.25) is 0 Å². The normalized spacial score (nSPS) is 15.9. The molecule has 0 saturated carbocycles. The fraction of sp³-hybridized carbons (Fsp3) is 0.543. The topological polar surface area (TPSA) is 85.6 Å². The van der Waals surface area contributed by atoms with Gasteiger partial charge >= 0.3 is 5.97 Å².